The van der Waals surface area contributed by atoms with Crippen LogP contribution in [-0.4, -0.2) is 73.2 Å². The van der Waals surface area contributed by atoms with Gasteiger partial charge in [0, 0.05) is 50.7 Å². The van der Waals surface area contributed by atoms with Gasteiger partial charge in [0.1, 0.15) is 6.61 Å². The number of carbonyl (C=O) groups is 1. The van der Waals surface area contributed by atoms with E-state index in [-0.39, 0.29) is 6.09 Å². The van der Waals surface area contributed by atoms with Crippen LogP contribution in [0.5, 0.6) is 0 Å². The van der Waals surface area contributed by atoms with Gasteiger partial charge in [-0.1, -0.05) is 6.07 Å². The van der Waals surface area contributed by atoms with Crippen molar-refractivity contribution in [2.75, 3.05) is 52.4 Å². The smallest absolute Gasteiger partial charge is 0.409 e. The topological polar surface area (TPSA) is 36.0 Å². The number of carbonyl (C=O) groups excluding carboxylic acids is 1. The van der Waals surface area contributed by atoms with Crippen molar-refractivity contribution in [1.82, 2.24) is 14.7 Å². The van der Waals surface area contributed by atoms with Crippen LogP contribution in [0.3, 0.4) is 0 Å². The summed E-state index contributed by atoms with van der Waals surface area (Å²) in [5.41, 5.74) is 0. The molecule has 2 aliphatic rings. The summed E-state index contributed by atoms with van der Waals surface area (Å²) < 4.78 is 4.94. The van der Waals surface area contributed by atoms with E-state index < -0.39 is 0 Å². The van der Waals surface area contributed by atoms with E-state index in [0.717, 1.165) is 52.4 Å². The first-order chi connectivity index (χ1) is 9.81. The average molecular weight is 295 g/mol. The molecule has 0 atom stereocenters. The number of piperazine rings is 1. The predicted molar refractivity (Wildman–Crippen MR) is 79.0 cm³/mol. The number of hydrogen-bond donors (Lipinski definition) is 0. The van der Waals surface area contributed by atoms with Crippen LogP contribution >= 0.6 is 11.3 Å². The van der Waals surface area contributed by atoms with E-state index in [1.165, 1.54) is 4.88 Å². The molecule has 1 amide bonds. The van der Waals surface area contributed by atoms with Crippen molar-refractivity contribution in [3.05, 3.63) is 22.4 Å². The Morgan fingerprint density at radius 1 is 1.10 bits per heavy atom. The Bertz CT molecular complexity index is 430. The summed E-state index contributed by atoms with van der Waals surface area (Å²) in [6, 6.07) is 4.32. The summed E-state index contributed by atoms with van der Waals surface area (Å²) in [5.74, 6) is 0. The second-order valence-corrected chi connectivity index (χ2v) is 6.33. The zero-order valence-electron chi connectivity index (χ0n) is 11.7. The van der Waals surface area contributed by atoms with Gasteiger partial charge in [0.2, 0.25) is 0 Å². The molecule has 0 spiro atoms. The van der Waals surface area contributed by atoms with E-state index in [1.54, 1.807) is 4.90 Å². The van der Waals surface area contributed by atoms with Crippen molar-refractivity contribution >= 4 is 17.4 Å². The number of thiophene rings is 1. The Morgan fingerprint density at radius 3 is 2.55 bits per heavy atom. The zero-order chi connectivity index (χ0) is 13.8. The van der Waals surface area contributed by atoms with E-state index in [4.69, 9.17) is 4.74 Å². The summed E-state index contributed by atoms with van der Waals surface area (Å²) in [5, 5.41) is 2.14. The van der Waals surface area contributed by atoms with E-state index in [9.17, 15) is 4.79 Å². The Balaban J connectivity index is 1.37. The molecule has 0 aliphatic carbocycles. The Kier molecular flexibility index (Phi) is 4.54. The molecule has 0 N–H and O–H groups in total. The maximum atomic E-state index is 11.4. The first-order valence-corrected chi connectivity index (χ1v) is 8.08. The van der Waals surface area contributed by atoms with Crippen molar-refractivity contribution in [2.45, 2.75) is 6.54 Å². The summed E-state index contributed by atoms with van der Waals surface area (Å²) >= 11 is 1.83. The minimum Gasteiger partial charge on any atom is -0.448 e. The van der Waals surface area contributed by atoms with Crippen LogP contribution in [0.2, 0.25) is 0 Å². The van der Waals surface area contributed by atoms with Gasteiger partial charge in [-0.3, -0.25) is 9.80 Å². The molecule has 2 fully saturated rings. The lowest BCUT2D eigenvalue weighted by Crippen LogP contribution is -2.48. The molecule has 3 rings (SSSR count). The lowest BCUT2D eigenvalue weighted by atomic mass is 10.3. The van der Waals surface area contributed by atoms with Gasteiger partial charge in [-0.15, -0.1) is 11.3 Å². The van der Waals surface area contributed by atoms with Crippen molar-refractivity contribution in [1.29, 1.82) is 0 Å². The van der Waals surface area contributed by atoms with Crippen molar-refractivity contribution < 1.29 is 9.53 Å². The first-order valence-electron chi connectivity index (χ1n) is 7.20. The lowest BCUT2D eigenvalue weighted by Gasteiger charge is -2.34. The average Bonchev–Trinajstić information content (AvgIpc) is 3.10. The standard InChI is InChI=1S/C14H21N3O2S/c18-14-17(9-10-19-14)8-7-15-3-5-16(6-4-15)12-13-2-1-11-20-13/h1-2,11H,3-10,12H2. The highest BCUT2D eigenvalue weighted by atomic mass is 32.1. The molecule has 20 heavy (non-hydrogen) atoms. The van der Waals surface area contributed by atoms with E-state index in [2.05, 4.69) is 27.3 Å². The van der Waals surface area contributed by atoms with Crippen LogP contribution in [0.25, 0.3) is 0 Å². The molecule has 0 radical (unpaired) electrons. The predicted octanol–water partition coefficient (Wildman–Crippen LogP) is 1.32. The second kappa shape index (κ2) is 6.56. The van der Waals surface area contributed by atoms with Gasteiger partial charge >= 0.3 is 6.09 Å². The van der Waals surface area contributed by atoms with E-state index in [0.29, 0.717) is 6.61 Å². The fourth-order valence-electron chi connectivity index (χ4n) is 2.68. The van der Waals surface area contributed by atoms with Gasteiger partial charge in [0.05, 0.1) is 6.54 Å². The highest BCUT2D eigenvalue weighted by molar-refractivity contribution is 7.09. The quantitative estimate of drug-likeness (QED) is 0.821. The Morgan fingerprint density at radius 2 is 1.90 bits per heavy atom. The van der Waals surface area contributed by atoms with Crippen LogP contribution in [0.15, 0.2) is 17.5 Å². The second-order valence-electron chi connectivity index (χ2n) is 5.30. The minimum absolute atomic E-state index is 0.152. The van der Waals surface area contributed by atoms with Crippen LogP contribution < -0.4 is 0 Å². The number of amides is 1. The summed E-state index contributed by atoms with van der Waals surface area (Å²) in [6.07, 6.45) is -0.152. The maximum Gasteiger partial charge on any atom is 0.409 e. The SMILES string of the molecule is O=C1OCCN1CCN1CCN(Cc2cccs2)CC1. The van der Waals surface area contributed by atoms with Crippen LogP contribution in [0, 0.1) is 0 Å². The number of hydrogen-bond acceptors (Lipinski definition) is 5. The number of cyclic esters (lactones) is 1. The first kappa shape index (κ1) is 13.9. The fourth-order valence-corrected chi connectivity index (χ4v) is 3.43. The highest BCUT2D eigenvalue weighted by Crippen LogP contribution is 2.13. The van der Waals surface area contributed by atoms with Gasteiger partial charge in [-0.25, -0.2) is 4.79 Å². The molecule has 3 heterocycles. The third kappa shape index (κ3) is 3.50. The molecule has 0 unspecified atom stereocenters. The molecule has 0 saturated carbocycles. The van der Waals surface area contributed by atoms with Crippen LogP contribution in [0.1, 0.15) is 4.88 Å². The monoisotopic (exact) mass is 295 g/mol. The van der Waals surface area contributed by atoms with E-state index in [1.807, 2.05) is 11.3 Å². The molecule has 1 aromatic heterocycles. The molecule has 110 valence electrons. The lowest BCUT2D eigenvalue weighted by molar-refractivity contribution is 0.117. The molecule has 2 saturated heterocycles. The molecule has 2 aliphatic heterocycles. The molecular formula is C14H21N3O2S. The van der Waals surface area contributed by atoms with Gasteiger partial charge < -0.3 is 9.64 Å². The number of ether oxygens (including phenoxy) is 1. The summed E-state index contributed by atoms with van der Waals surface area (Å²) in [7, 11) is 0. The molecule has 5 nitrogen and oxygen atoms in total. The van der Waals surface area contributed by atoms with Crippen LogP contribution in [0.4, 0.5) is 4.79 Å². The normalized spacial score (nSPS) is 21.4. The Labute approximate surface area is 123 Å². The van der Waals surface area contributed by atoms with Crippen molar-refractivity contribution in [3.8, 4) is 0 Å². The molecule has 1 aromatic rings. The molecule has 6 heteroatoms. The van der Waals surface area contributed by atoms with Crippen LogP contribution in [-0.2, 0) is 11.3 Å². The molecule has 0 bridgehead atoms. The largest absolute Gasteiger partial charge is 0.448 e. The third-order valence-electron chi connectivity index (χ3n) is 3.96. The maximum absolute atomic E-state index is 11.4. The van der Waals surface area contributed by atoms with Gasteiger partial charge in [-0.05, 0) is 11.4 Å². The fraction of sp³-hybridized carbons (Fsp3) is 0.643. The highest BCUT2D eigenvalue weighted by Gasteiger charge is 2.23. The summed E-state index contributed by atoms with van der Waals surface area (Å²) in [4.78, 5) is 19.5. The summed E-state index contributed by atoms with van der Waals surface area (Å²) in [6.45, 7) is 8.54. The Hall–Kier alpha value is -1.11. The molecule has 0 aromatic carbocycles. The van der Waals surface area contributed by atoms with Crippen molar-refractivity contribution in [3.63, 3.8) is 0 Å². The van der Waals surface area contributed by atoms with Gasteiger partial charge in [0.25, 0.3) is 0 Å². The number of rotatable bonds is 5. The molecular weight excluding hydrogens is 274 g/mol. The minimum atomic E-state index is -0.152. The van der Waals surface area contributed by atoms with Crippen molar-refractivity contribution in [2.24, 2.45) is 0 Å². The van der Waals surface area contributed by atoms with Gasteiger partial charge in [-0.2, -0.15) is 0 Å². The number of nitrogens with zero attached hydrogens (tertiary/aromatic N) is 3. The zero-order valence-corrected chi connectivity index (χ0v) is 12.5. The van der Waals surface area contributed by atoms with Gasteiger partial charge in [0.15, 0.2) is 0 Å². The van der Waals surface area contributed by atoms with E-state index >= 15 is 0 Å². The third-order valence-corrected chi connectivity index (χ3v) is 4.82.